The average Bonchev–Trinajstić information content (AvgIpc) is 2.50. The molecule has 0 aromatic rings. The van der Waals surface area contributed by atoms with E-state index in [9.17, 15) is 8.42 Å². The van der Waals surface area contributed by atoms with Crippen LogP contribution in [0.3, 0.4) is 0 Å². The highest BCUT2D eigenvalue weighted by atomic mass is 32.3. The second-order valence-corrected chi connectivity index (χ2v) is 6.43. The zero-order valence-corrected chi connectivity index (χ0v) is 14.0. The van der Waals surface area contributed by atoms with Crippen LogP contribution in [0.25, 0.3) is 0 Å². The second kappa shape index (κ2) is 8.06. The van der Waals surface area contributed by atoms with E-state index in [0.29, 0.717) is 44.4 Å². The SMILES string of the molecule is CCCCCC1=NC(N2CCOCC2)=CC(N)N1OS(=O)(=O)O. The molecule has 10 heteroatoms. The van der Waals surface area contributed by atoms with E-state index in [1.165, 1.54) is 0 Å². The Morgan fingerprint density at radius 1 is 1.43 bits per heavy atom. The summed E-state index contributed by atoms with van der Waals surface area (Å²) < 4.78 is 40.9. The molecule has 1 saturated heterocycles. The maximum Gasteiger partial charge on any atom is 0.418 e. The van der Waals surface area contributed by atoms with E-state index in [0.717, 1.165) is 24.3 Å². The van der Waals surface area contributed by atoms with Gasteiger partial charge in [-0.15, -0.1) is 4.28 Å². The lowest BCUT2D eigenvalue weighted by Crippen LogP contribution is -2.49. The van der Waals surface area contributed by atoms with Crippen LogP contribution in [-0.4, -0.2) is 61.2 Å². The number of ether oxygens (including phenoxy) is 1. The van der Waals surface area contributed by atoms with Gasteiger partial charge in [-0.1, -0.05) is 19.8 Å². The van der Waals surface area contributed by atoms with Gasteiger partial charge in [-0.25, -0.2) is 4.99 Å². The van der Waals surface area contributed by atoms with E-state index >= 15 is 0 Å². The third-order valence-electron chi connectivity index (χ3n) is 3.60. The second-order valence-electron chi connectivity index (χ2n) is 5.43. The minimum atomic E-state index is -4.66. The smallest absolute Gasteiger partial charge is 0.378 e. The van der Waals surface area contributed by atoms with Gasteiger partial charge in [0.1, 0.15) is 17.8 Å². The van der Waals surface area contributed by atoms with Crippen molar-refractivity contribution >= 4 is 16.2 Å². The number of aliphatic imine (C=N–C) groups is 1. The van der Waals surface area contributed by atoms with Crippen LogP contribution in [0.15, 0.2) is 16.9 Å². The van der Waals surface area contributed by atoms with Crippen LogP contribution < -0.4 is 5.73 Å². The van der Waals surface area contributed by atoms with Crippen LogP contribution in [0.4, 0.5) is 0 Å². The molecule has 2 aliphatic heterocycles. The van der Waals surface area contributed by atoms with E-state index in [1.807, 2.05) is 4.90 Å². The summed E-state index contributed by atoms with van der Waals surface area (Å²) >= 11 is 0. The minimum absolute atomic E-state index is 0.396. The summed E-state index contributed by atoms with van der Waals surface area (Å²) in [5.41, 5.74) is 5.99. The zero-order valence-electron chi connectivity index (χ0n) is 13.2. The summed E-state index contributed by atoms with van der Waals surface area (Å²) in [7, 11) is -4.66. The average molecular weight is 348 g/mol. The van der Waals surface area contributed by atoms with Gasteiger partial charge in [0.25, 0.3) is 0 Å². The molecule has 3 N–H and O–H groups in total. The van der Waals surface area contributed by atoms with Gasteiger partial charge in [0, 0.05) is 19.5 Å². The topological polar surface area (TPSA) is 118 Å². The van der Waals surface area contributed by atoms with Gasteiger partial charge < -0.3 is 15.4 Å². The molecule has 0 aromatic heterocycles. The molecule has 0 saturated carbocycles. The monoisotopic (exact) mass is 348 g/mol. The van der Waals surface area contributed by atoms with E-state index in [2.05, 4.69) is 16.2 Å². The number of morpholine rings is 1. The number of amidine groups is 1. The molecule has 2 rings (SSSR count). The minimum Gasteiger partial charge on any atom is -0.378 e. The maximum absolute atomic E-state index is 11.0. The van der Waals surface area contributed by atoms with Crippen molar-refractivity contribution in [2.24, 2.45) is 10.7 Å². The number of hydroxylamine groups is 2. The molecule has 0 aliphatic carbocycles. The van der Waals surface area contributed by atoms with Crippen LogP contribution in [-0.2, 0) is 19.4 Å². The van der Waals surface area contributed by atoms with Gasteiger partial charge in [-0.2, -0.15) is 13.5 Å². The van der Waals surface area contributed by atoms with Crippen LogP contribution in [0.1, 0.15) is 32.6 Å². The first kappa shape index (κ1) is 18.1. The van der Waals surface area contributed by atoms with Crippen LogP contribution in [0, 0.1) is 0 Å². The largest absolute Gasteiger partial charge is 0.418 e. The number of unbranched alkanes of at least 4 members (excludes halogenated alkanes) is 2. The molecule has 0 spiro atoms. The van der Waals surface area contributed by atoms with E-state index in [1.54, 1.807) is 6.08 Å². The van der Waals surface area contributed by atoms with Crippen molar-refractivity contribution in [2.75, 3.05) is 26.3 Å². The van der Waals surface area contributed by atoms with E-state index < -0.39 is 16.6 Å². The van der Waals surface area contributed by atoms with Crippen LogP contribution in [0.5, 0.6) is 0 Å². The number of hydrogen-bond donors (Lipinski definition) is 2. The molecule has 0 radical (unpaired) electrons. The highest BCUT2D eigenvalue weighted by molar-refractivity contribution is 7.80. The van der Waals surface area contributed by atoms with Crippen LogP contribution in [0.2, 0.25) is 0 Å². The summed E-state index contributed by atoms with van der Waals surface area (Å²) in [6, 6.07) is 0. The van der Waals surface area contributed by atoms with Gasteiger partial charge >= 0.3 is 10.4 Å². The molecule has 132 valence electrons. The Morgan fingerprint density at radius 2 is 2.13 bits per heavy atom. The molecule has 2 heterocycles. The van der Waals surface area contributed by atoms with Crippen molar-refractivity contribution in [3.8, 4) is 0 Å². The Hall–Kier alpha value is -1.20. The number of nitrogens with two attached hydrogens (primary N) is 1. The lowest BCUT2D eigenvalue weighted by molar-refractivity contribution is -0.0156. The van der Waals surface area contributed by atoms with Crippen molar-refractivity contribution in [3.05, 3.63) is 11.9 Å². The molecule has 0 aromatic carbocycles. The number of nitrogens with zero attached hydrogens (tertiary/aromatic N) is 3. The fraction of sp³-hybridized carbons (Fsp3) is 0.769. The van der Waals surface area contributed by atoms with Gasteiger partial charge in [-0.3, -0.25) is 4.55 Å². The Morgan fingerprint density at radius 3 is 2.74 bits per heavy atom. The van der Waals surface area contributed by atoms with Gasteiger partial charge in [0.15, 0.2) is 0 Å². The number of hydrogen-bond acceptors (Lipinski definition) is 8. The molecule has 1 unspecified atom stereocenters. The Balaban J connectivity index is 2.17. The molecular formula is C13H24N4O5S. The summed E-state index contributed by atoms with van der Waals surface area (Å²) in [4.78, 5) is 6.52. The van der Waals surface area contributed by atoms with Crippen molar-refractivity contribution in [1.82, 2.24) is 9.96 Å². The van der Waals surface area contributed by atoms with Crippen molar-refractivity contribution in [2.45, 2.75) is 38.8 Å². The summed E-state index contributed by atoms with van der Waals surface area (Å²) in [5.74, 6) is 1.08. The predicted molar refractivity (Wildman–Crippen MR) is 84.5 cm³/mol. The van der Waals surface area contributed by atoms with Gasteiger partial charge in [0.2, 0.25) is 0 Å². The van der Waals surface area contributed by atoms with Gasteiger partial charge in [0.05, 0.1) is 13.2 Å². The lowest BCUT2D eigenvalue weighted by atomic mass is 10.2. The predicted octanol–water partition coefficient (Wildman–Crippen LogP) is 0.474. The molecule has 23 heavy (non-hydrogen) atoms. The standard InChI is InChI=1S/C13H24N4O5S/c1-2-3-4-5-12-15-13(16-6-8-21-9-7-16)10-11(14)17(12)22-23(18,19)20/h10-11H,2-9,14H2,1H3,(H,18,19,20). The molecule has 1 atom stereocenters. The molecule has 1 fully saturated rings. The first-order valence-electron chi connectivity index (χ1n) is 7.74. The molecule has 0 amide bonds. The highest BCUT2D eigenvalue weighted by Crippen LogP contribution is 2.20. The van der Waals surface area contributed by atoms with Crippen molar-refractivity contribution in [1.29, 1.82) is 0 Å². The van der Waals surface area contributed by atoms with E-state index in [-0.39, 0.29) is 0 Å². The van der Waals surface area contributed by atoms with E-state index in [4.69, 9.17) is 15.0 Å². The Kier molecular flexibility index (Phi) is 6.36. The zero-order chi connectivity index (χ0) is 16.9. The fourth-order valence-corrected chi connectivity index (χ4v) is 2.86. The third kappa shape index (κ3) is 5.43. The number of rotatable bonds is 7. The summed E-state index contributed by atoms with van der Waals surface area (Å²) in [6.07, 6.45) is 4.10. The quantitative estimate of drug-likeness (QED) is 0.504. The Labute approximate surface area is 136 Å². The first-order chi connectivity index (χ1) is 10.9. The molecule has 0 bridgehead atoms. The summed E-state index contributed by atoms with van der Waals surface area (Å²) in [5, 5.41) is 0.953. The third-order valence-corrected chi connectivity index (χ3v) is 3.95. The van der Waals surface area contributed by atoms with Gasteiger partial charge in [-0.05, 0) is 12.5 Å². The summed E-state index contributed by atoms with van der Waals surface area (Å²) in [6.45, 7) is 4.68. The molecule has 2 aliphatic rings. The highest BCUT2D eigenvalue weighted by Gasteiger charge is 2.29. The first-order valence-corrected chi connectivity index (χ1v) is 9.11. The normalized spacial score (nSPS) is 22.8. The van der Waals surface area contributed by atoms with Crippen LogP contribution >= 0.6 is 0 Å². The molecule has 9 nitrogen and oxygen atoms in total. The van der Waals surface area contributed by atoms with Crippen molar-refractivity contribution < 1.29 is 22.0 Å². The molecular weight excluding hydrogens is 324 g/mol. The fourth-order valence-electron chi connectivity index (χ4n) is 2.47. The van der Waals surface area contributed by atoms with Crippen molar-refractivity contribution in [3.63, 3.8) is 0 Å². The lowest BCUT2D eigenvalue weighted by Gasteiger charge is -2.35. The Bertz CT molecular complexity index is 557. The maximum atomic E-state index is 11.0.